The summed E-state index contributed by atoms with van der Waals surface area (Å²) >= 11 is 0. The van der Waals surface area contributed by atoms with Gasteiger partial charge >= 0.3 is 0 Å². The van der Waals surface area contributed by atoms with E-state index in [4.69, 9.17) is 15.2 Å². The van der Waals surface area contributed by atoms with Gasteiger partial charge in [-0.3, -0.25) is 0 Å². The molecule has 4 heteroatoms. The third kappa shape index (κ3) is 9.09. The molecule has 16 heavy (non-hydrogen) atoms. The molecule has 98 valence electrons. The standard InChI is InChI=1S/C12H28N2O2/c1-4-14(11-12(2)10-13)6-5-7-16-9-8-15-3/h12H,4-11,13H2,1-3H3. The van der Waals surface area contributed by atoms with Crippen LogP contribution in [0.1, 0.15) is 20.3 Å². The van der Waals surface area contributed by atoms with Gasteiger partial charge in [0.15, 0.2) is 0 Å². The molecule has 0 bridgehead atoms. The first-order valence-corrected chi connectivity index (χ1v) is 6.23. The van der Waals surface area contributed by atoms with E-state index >= 15 is 0 Å². The van der Waals surface area contributed by atoms with Crippen LogP contribution in [0.15, 0.2) is 0 Å². The largest absolute Gasteiger partial charge is 0.382 e. The van der Waals surface area contributed by atoms with Crippen molar-refractivity contribution in [2.24, 2.45) is 11.7 Å². The highest BCUT2D eigenvalue weighted by Crippen LogP contribution is 1.99. The minimum absolute atomic E-state index is 0.578. The minimum Gasteiger partial charge on any atom is -0.382 e. The molecule has 2 N–H and O–H groups in total. The van der Waals surface area contributed by atoms with Gasteiger partial charge in [0.1, 0.15) is 0 Å². The molecule has 1 unspecified atom stereocenters. The van der Waals surface area contributed by atoms with E-state index in [0.717, 1.165) is 39.2 Å². The second kappa shape index (κ2) is 11.3. The van der Waals surface area contributed by atoms with Crippen LogP contribution < -0.4 is 5.73 Å². The normalized spacial score (nSPS) is 13.3. The quantitative estimate of drug-likeness (QED) is 0.539. The van der Waals surface area contributed by atoms with Crippen molar-refractivity contribution in [2.75, 3.05) is 53.1 Å². The summed E-state index contributed by atoms with van der Waals surface area (Å²) in [6.07, 6.45) is 1.08. The van der Waals surface area contributed by atoms with Crippen molar-refractivity contribution >= 4 is 0 Å². The number of hydrogen-bond donors (Lipinski definition) is 1. The van der Waals surface area contributed by atoms with E-state index in [1.54, 1.807) is 7.11 Å². The van der Waals surface area contributed by atoms with Crippen LogP contribution >= 0.6 is 0 Å². The monoisotopic (exact) mass is 232 g/mol. The van der Waals surface area contributed by atoms with Gasteiger partial charge in [0.2, 0.25) is 0 Å². The number of nitrogens with two attached hydrogens (primary N) is 1. The predicted octanol–water partition coefficient (Wildman–Crippen LogP) is 0.956. The molecule has 0 aliphatic carbocycles. The lowest BCUT2D eigenvalue weighted by Gasteiger charge is -2.23. The predicted molar refractivity (Wildman–Crippen MR) is 67.6 cm³/mol. The maximum Gasteiger partial charge on any atom is 0.0700 e. The van der Waals surface area contributed by atoms with Gasteiger partial charge in [-0.15, -0.1) is 0 Å². The second-order valence-corrected chi connectivity index (χ2v) is 4.19. The molecule has 0 heterocycles. The van der Waals surface area contributed by atoms with Crippen LogP contribution in [0.25, 0.3) is 0 Å². The van der Waals surface area contributed by atoms with Gasteiger partial charge in [-0.05, 0) is 25.4 Å². The fraction of sp³-hybridized carbons (Fsp3) is 1.00. The van der Waals surface area contributed by atoms with Crippen molar-refractivity contribution in [1.29, 1.82) is 0 Å². The van der Waals surface area contributed by atoms with Crippen LogP contribution in [0.5, 0.6) is 0 Å². The Morgan fingerprint density at radius 1 is 1.25 bits per heavy atom. The van der Waals surface area contributed by atoms with Crippen molar-refractivity contribution < 1.29 is 9.47 Å². The third-order valence-electron chi connectivity index (χ3n) is 2.61. The van der Waals surface area contributed by atoms with Gasteiger partial charge in [0, 0.05) is 26.8 Å². The van der Waals surface area contributed by atoms with E-state index < -0.39 is 0 Å². The van der Waals surface area contributed by atoms with E-state index in [-0.39, 0.29) is 0 Å². The summed E-state index contributed by atoms with van der Waals surface area (Å²) in [6, 6.07) is 0. The molecule has 0 saturated carbocycles. The Hall–Kier alpha value is -0.160. The van der Waals surface area contributed by atoms with Gasteiger partial charge in [-0.2, -0.15) is 0 Å². The molecule has 0 amide bonds. The molecule has 0 aliphatic heterocycles. The molecule has 0 fully saturated rings. The molecular formula is C12H28N2O2. The number of nitrogens with zero attached hydrogens (tertiary/aromatic N) is 1. The average molecular weight is 232 g/mol. The van der Waals surface area contributed by atoms with Crippen molar-refractivity contribution in [3.05, 3.63) is 0 Å². The Morgan fingerprint density at radius 3 is 2.56 bits per heavy atom. The Balaban J connectivity index is 3.40. The van der Waals surface area contributed by atoms with E-state index in [1.165, 1.54) is 0 Å². The number of methoxy groups -OCH3 is 1. The lowest BCUT2D eigenvalue weighted by molar-refractivity contribution is 0.0648. The first-order chi connectivity index (χ1) is 7.74. The molecule has 0 aromatic carbocycles. The van der Waals surface area contributed by atoms with Gasteiger partial charge in [-0.25, -0.2) is 0 Å². The van der Waals surface area contributed by atoms with Gasteiger partial charge in [0.25, 0.3) is 0 Å². The van der Waals surface area contributed by atoms with Crippen LogP contribution in [-0.4, -0.2) is 58.0 Å². The molecule has 0 aromatic heterocycles. The second-order valence-electron chi connectivity index (χ2n) is 4.19. The molecule has 4 nitrogen and oxygen atoms in total. The third-order valence-corrected chi connectivity index (χ3v) is 2.61. The van der Waals surface area contributed by atoms with Gasteiger partial charge < -0.3 is 20.1 Å². The summed E-state index contributed by atoms with van der Waals surface area (Å²) in [7, 11) is 1.69. The zero-order valence-corrected chi connectivity index (χ0v) is 11.1. The van der Waals surface area contributed by atoms with Gasteiger partial charge in [-0.1, -0.05) is 13.8 Å². The smallest absolute Gasteiger partial charge is 0.0700 e. The highest BCUT2D eigenvalue weighted by molar-refractivity contribution is 4.61. The molecule has 0 spiro atoms. The van der Waals surface area contributed by atoms with Crippen molar-refractivity contribution in [2.45, 2.75) is 20.3 Å². The lowest BCUT2D eigenvalue weighted by Crippen LogP contribution is -2.32. The fourth-order valence-corrected chi connectivity index (χ4v) is 1.53. The lowest BCUT2D eigenvalue weighted by atomic mass is 10.1. The molecular weight excluding hydrogens is 204 g/mol. The molecule has 0 rings (SSSR count). The molecule has 1 atom stereocenters. The molecule has 0 aliphatic rings. The van der Waals surface area contributed by atoms with E-state index in [9.17, 15) is 0 Å². The molecule has 0 radical (unpaired) electrons. The number of hydrogen-bond acceptors (Lipinski definition) is 4. The van der Waals surface area contributed by atoms with Crippen LogP contribution in [0.4, 0.5) is 0 Å². The molecule has 0 saturated heterocycles. The number of ether oxygens (including phenoxy) is 2. The van der Waals surface area contributed by atoms with Crippen LogP contribution in [-0.2, 0) is 9.47 Å². The Labute approximate surface area is 100 Å². The Bertz CT molecular complexity index is 145. The van der Waals surface area contributed by atoms with E-state index in [1.807, 2.05) is 0 Å². The summed E-state index contributed by atoms with van der Waals surface area (Å²) in [5.74, 6) is 0.578. The highest BCUT2D eigenvalue weighted by atomic mass is 16.5. The SMILES string of the molecule is CCN(CCCOCCOC)CC(C)CN. The zero-order valence-electron chi connectivity index (χ0n) is 11.1. The topological polar surface area (TPSA) is 47.7 Å². The highest BCUT2D eigenvalue weighted by Gasteiger charge is 2.06. The Kier molecular flexibility index (Phi) is 11.2. The van der Waals surface area contributed by atoms with Crippen LogP contribution in [0.3, 0.4) is 0 Å². The summed E-state index contributed by atoms with van der Waals surface area (Å²) in [6.45, 7) is 10.6. The first-order valence-electron chi connectivity index (χ1n) is 6.23. The van der Waals surface area contributed by atoms with E-state index in [2.05, 4.69) is 18.7 Å². The van der Waals surface area contributed by atoms with Crippen LogP contribution in [0.2, 0.25) is 0 Å². The summed E-state index contributed by atoms with van der Waals surface area (Å²) in [4.78, 5) is 2.43. The van der Waals surface area contributed by atoms with Gasteiger partial charge in [0.05, 0.1) is 13.2 Å². The van der Waals surface area contributed by atoms with Crippen LogP contribution in [0, 0.1) is 5.92 Å². The van der Waals surface area contributed by atoms with E-state index in [0.29, 0.717) is 19.1 Å². The molecule has 0 aromatic rings. The van der Waals surface area contributed by atoms with Crippen molar-refractivity contribution in [3.8, 4) is 0 Å². The summed E-state index contributed by atoms with van der Waals surface area (Å²) < 4.78 is 10.3. The maximum absolute atomic E-state index is 5.62. The maximum atomic E-state index is 5.62. The first kappa shape index (κ1) is 15.8. The number of rotatable bonds is 11. The zero-order chi connectivity index (χ0) is 12.2. The average Bonchev–Trinajstić information content (AvgIpc) is 2.31. The van der Waals surface area contributed by atoms with Crippen molar-refractivity contribution in [1.82, 2.24) is 4.90 Å². The summed E-state index contributed by atoms with van der Waals surface area (Å²) in [5, 5.41) is 0. The minimum atomic E-state index is 0.578. The Morgan fingerprint density at radius 2 is 2.00 bits per heavy atom. The summed E-state index contributed by atoms with van der Waals surface area (Å²) in [5.41, 5.74) is 5.62. The van der Waals surface area contributed by atoms with Crippen molar-refractivity contribution in [3.63, 3.8) is 0 Å². The fourth-order valence-electron chi connectivity index (χ4n) is 1.53.